The van der Waals surface area contributed by atoms with E-state index in [1.165, 1.54) is 12.1 Å². The molecule has 0 fully saturated rings. The van der Waals surface area contributed by atoms with Gasteiger partial charge in [-0.05, 0) is 43.3 Å². The van der Waals surface area contributed by atoms with Crippen LogP contribution in [-0.2, 0) is 0 Å². The van der Waals surface area contributed by atoms with Crippen LogP contribution in [0.3, 0.4) is 0 Å². The number of hydrogen-bond donors (Lipinski definition) is 2. The molecule has 0 bridgehead atoms. The third-order valence-electron chi connectivity index (χ3n) is 4.68. The monoisotopic (exact) mass is 450 g/mol. The zero-order chi connectivity index (χ0) is 22.0. The maximum Gasteiger partial charge on any atom is 0.272 e. The van der Waals surface area contributed by atoms with Crippen LogP contribution in [-0.4, -0.2) is 26.7 Å². The lowest BCUT2D eigenvalue weighted by molar-refractivity contribution is 0.0956. The van der Waals surface area contributed by atoms with Crippen molar-refractivity contribution >= 4 is 45.7 Å². The van der Waals surface area contributed by atoms with Crippen LogP contribution >= 0.6 is 23.2 Å². The molecule has 0 aliphatic rings. The van der Waals surface area contributed by atoms with Gasteiger partial charge < -0.3 is 5.11 Å². The molecule has 2 aromatic carbocycles. The van der Waals surface area contributed by atoms with E-state index in [1.54, 1.807) is 25.4 Å². The fourth-order valence-electron chi connectivity index (χ4n) is 3.13. The summed E-state index contributed by atoms with van der Waals surface area (Å²) in [7, 11) is 0. The minimum atomic E-state index is -0.416. The van der Waals surface area contributed by atoms with E-state index in [0.29, 0.717) is 38.5 Å². The number of benzene rings is 2. The van der Waals surface area contributed by atoms with Crippen molar-refractivity contribution in [3.8, 4) is 17.0 Å². The SMILES string of the molecule is C/C(=N/NC(=O)c1cc(-c2ccncc2)nc2ccccc12)c1cc(Cl)cc(Cl)c1O. The summed E-state index contributed by atoms with van der Waals surface area (Å²) in [6, 6.07) is 15.7. The van der Waals surface area contributed by atoms with Crippen LogP contribution in [0, 0.1) is 0 Å². The number of amides is 1. The number of aromatic nitrogens is 2. The third-order valence-corrected chi connectivity index (χ3v) is 5.19. The van der Waals surface area contributed by atoms with E-state index >= 15 is 0 Å². The molecule has 0 aliphatic carbocycles. The molecule has 0 aliphatic heterocycles. The first-order valence-electron chi connectivity index (χ1n) is 9.27. The second-order valence-corrected chi connectivity index (χ2v) is 7.57. The first-order chi connectivity index (χ1) is 14.9. The van der Waals surface area contributed by atoms with E-state index < -0.39 is 5.91 Å². The van der Waals surface area contributed by atoms with Crippen molar-refractivity contribution < 1.29 is 9.90 Å². The first-order valence-corrected chi connectivity index (χ1v) is 10.0. The number of phenolic OH excluding ortho intramolecular Hbond substituents is 1. The summed E-state index contributed by atoms with van der Waals surface area (Å²) < 4.78 is 0. The standard InChI is InChI=1S/C23H16Cl2N4O2/c1-13(17-10-15(24)11-19(25)22(17)30)28-29-23(31)18-12-21(14-6-8-26-9-7-14)27-20-5-3-2-4-16(18)20/h2-12,30H,1H3,(H,29,31)/b28-13-. The summed E-state index contributed by atoms with van der Waals surface area (Å²) in [6.45, 7) is 1.63. The quantitative estimate of drug-likeness (QED) is 0.319. The molecule has 4 rings (SSSR count). The van der Waals surface area contributed by atoms with Gasteiger partial charge >= 0.3 is 0 Å². The molecule has 154 valence electrons. The molecule has 0 unspecified atom stereocenters. The van der Waals surface area contributed by atoms with E-state index in [4.69, 9.17) is 23.2 Å². The fraction of sp³-hybridized carbons (Fsp3) is 0.0435. The van der Waals surface area contributed by atoms with Crippen molar-refractivity contribution in [1.82, 2.24) is 15.4 Å². The van der Waals surface area contributed by atoms with Crippen molar-refractivity contribution in [1.29, 1.82) is 0 Å². The minimum absolute atomic E-state index is 0.102. The summed E-state index contributed by atoms with van der Waals surface area (Å²) in [6.07, 6.45) is 3.34. The molecule has 0 saturated heterocycles. The van der Waals surface area contributed by atoms with Gasteiger partial charge in [0.25, 0.3) is 5.91 Å². The molecule has 0 spiro atoms. The van der Waals surface area contributed by atoms with E-state index in [9.17, 15) is 9.90 Å². The lowest BCUT2D eigenvalue weighted by Gasteiger charge is -2.10. The van der Waals surface area contributed by atoms with Gasteiger partial charge in [0, 0.05) is 33.9 Å². The Labute approximate surface area is 188 Å². The average molecular weight is 451 g/mol. The molecular formula is C23H16Cl2N4O2. The van der Waals surface area contributed by atoms with Crippen LogP contribution in [0.2, 0.25) is 10.0 Å². The molecule has 1 amide bonds. The highest BCUT2D eigenvalue weighted by molar-refractivity contribution is 6.36. The Hall–Kier alpha value is -3.48. The van der Waals surface area contributed by atoms with Crippen LogP contribution in [0.15, 0.2) is 72.1 Å². The minimum Gasteiger partial charge on any atom is -0.506 e. The lowest BCUT2D eigenvalue weighted by atomic mass is 10.0. The molecule has 2 aromatic heterocycles. The Balaban J connectivity index is 1.72. The summed E-state index contributed by atoms with van der Waals surface area (Å²) >= 11 is 12.0. The number of nitrogens with one attached hydrogen (secondary N) is 1. The summed E-state index contributed by atoms with van der Waals surface area (Å²) in [5.74, 6) is -0.572. The molecule has 6 nitrogen and oxygen atoms in total. The van der Waals surface area contributed by atoms with Gasteiger partial charge in [0.15, 0.2) is 0 Å². The molecule has 8 heteroatoms. The number of nitrogens with zero attached hydrogens (tertiary/aromatic N) is 3. The second-order valence-electron chi connectivity index (χ2n) is 6.73. The van der Waals surface area contributed by atoms with Crippen LogP contribution in [0.1, 0.15) is 22.8 Å². The van der Waals surface area contributed by atoms with Crippen molar-refractivity contribution in [2.75, 3.05) is 0 Å². The van der Waals surface area contributed by atoms with Crippen molar-refractivity contribution in [3.05, 3.63) is 88.2 Å². The molecule has 2 N–H and O–H groups in total. The molecule has 0 radical (unpaired) electrons. The highest BCUT2D eigenvalue weighted by Crippen LogP contribution is 2.31. The number of para-hydroxylation sites is 1. The van der Waals surface area contributed by atoms with Gasteiger partial charge in [-0.25, -0.2) is 10.4 Å². The number of aromatic hydroxyl groups is 1. The van der Waals surface area contributed by atoms with E-state index in [1.807, 2.05) is 36.4 Å². The van der Waals surface area contributed by atoms with Gasteiger partial charge in [0.1, 0.15) is 5.75 Å². The Morgan fingerprint density at radius 1 is 1.03 bits per heavy atom. The van der Waals surface area contributed by atoms with Gasteiger partial charge in [-0.15, -0.1) is 0 Å². The maximum atomic E-state index is 13.0. The number of carbonyl (C=O) groups is 1. The predicted octanol–water partition coefficient (Wildman–Crippen LogP) is 5.46. The first kappa shape index (κ1) is 20.8. The number of fused-ring (bicyclic) bond motifs is 1. The molecule has 31 heavy (non-hydrogen) atoms. The summed E-state index contributed by atoms with van der Waals surface area (Å²) in [5.41, 5.74) is 5.81. The predicted molar refractivity (Wildman–Crippen MR) is 123 cm³/mol. The number of hydrogen-bond acceptors (Lipinski definition) is 5. The van der Waals surface area contributed by atoms with Crippen LogP contribution < -0.4 is 5.43 Å². The van der Waals surface area contributed by atoms with Crippen molar-refractivity contribution in [3.63, 3.8) is 0 Å². The fourth-order valence-corrected chi connectivity index (χ4v) is 3.62. The Morgan fingerprint density at radius 2 is 1.77 bits per heavy atom. The number of pyridine rings is 2. The summed E-state index contributed by atoms with van der Waals surface area (Å²) in [4.78, 5) is 21.7. The van der Waals surface area contributed by atoms with E-state index in [0.717, 1.165) is 5.56 Å². The van der Waals surface area contributed by atoms with Gasteiger partial charge in [0.2, 0.25) is 0 Å². The molecule has 2 heterocycles. The van der Waals surface area contributed by atoms with Crippen LogP contribution in [0.25, 0.3) is 22.2 Å². The van der Waals surface area contributed by atoms with Crippen LogP contribution in [0.5, 0.6) is 5.75 Å². The maximum absolute atomic E-state index is 13.0. The third kappa shape index (κ3) is 4.35. The average Bonchev–Trinajstić information content (AvgIpc) is 2.79. The van der Waals surface area contributed by atoms with E-state index in [-0.39, 0.29) is 10.8 Å². The molecule has 0 atom stereocenters. The van der Waals surface area contributed by atoms with E-state index in [2.05, 4.69) is 20.5 Å². The number of phenols is 1. The Kier molecular flexibility index (Phi) is 5.84. The number of rotatable bonds is 4. The van der Waals surface area contributed by atoms with Gasteiger partial charge in [-0.1, -0.05) is 41.4 Å². The largest absolute Gasteiger partial charge is 0.506 e. The normalized spacial score (nSPS) is 11.5. The van der Waals surface area contributed by atoms with Gasteiger partial charge in [0.05, 0.1) is 27.5 Å². The second kappa shape index (κ2) is 8.71. The zero-order valence-electron chi connectivity index (χ0n) is 16.3. The number of carbonyl (C=O) groups excluding carboxylic acids is 1. The van der Waals surface area contributed by atoms with Crippen molar-refractivity contribution in [2.24, 2.45) is 5.10 Å². The van der Waals surface area contributed by atoms with Crippen molar-refractivity contribution in [2.45, 2.75) is 6.92 Å². The van der Waals surface area contributed by atoms with Gasteiger partial charge in [-0.3, -0.25) is 9.78 Å². The Bertz CT molecular complexity index is 1320. The Morgan fingerprint density at radius 3 is 2.55 bits per heavy atom. The molecular weight excluding hydrogens is 435 g/mol. The lowest BCUT2D eigenvalue weighted by Crippen LogP contribution is -2.20. The topological polar surface area (TPSA) is 87.5 Å². The molecule has 0 saturated carbocycles. The van der Waals surface area contributed by atoms with Crippen LogP contribution in [0.4, 0.5) is 0 Å². The highest BCUT2D eigenvalue weighted by Gasteiger charge is 2.15. The summed E-state index contributed by atoms with van der Waals surface area (Å²) in [5, 5.41) is 15.5. The zero-order valence-corrected chi connectivity index (χ0v) is 17.8. The highest BCUT2D eigenvalue weighted by atomic mass is 35.5. The smallest absolute Gasteiger partial charge is 0.272 e. The number of hydrazone groups is 1. The van der Waals surface area contributed by atoms with Gasteiger partial charge in [-0.2, -0.15) is 5.10 Å². The number of halogens is 2. The molecule has 4 aromatic rings.